The van der Waals surface area contributed by atoms with Gasteiger partial charge in [-0.25, -0.2) is 0 Å². The van der Waals surface area contributed by atoms with E-state index in [1.807, 2.05) is 24.3 Å². The number of hydrogen-bond donors (Lipinski definition) is 1. The van der Waals surface area contributed by atoms with E-state index in [4.69, 9.17) is 0 Å². The van der Waals surface area contributed by atoms with E-state index in [2.05, 4.69) is 40.7 Å². The summed E-state index contributed by atoms with van der Waals surface area (Å²) in [5, 5.41) is 9.50. The Balaban J connectivity index is 1.84. The molecule has 0 atom stereocenters. The van der Waals surface area contributed by atoms with Crippen LogP contribution in [0.25, 0.3) is 0 Å². The SMILES string of the molecule is Oc1ccc(N(CC2=C=C=CC=C2)CC2=CC=CCC2)cc1. The maximum Gasteiger partial charge on any atom is 0.115 e. The third-order valence-electron chi connectivity index (χ3n) is 3.78. The van der Waals surface area contributed by atoms with Gasteiger partial charge in [-0.1, -0.05) is 41.3 Å². The molecule has 0 heterocycles. The monoisotopic (exact) mass is 289 g/mol. The van der Waals surface area contributed by atoms with Gasteiger partial charge in [-0.3, -0.25) is 0 Å². The molecule has 0 spiro atoms. The van der Waals surface area contributed by atoms with Gasteiger partial charge in [0.05, 0.1) is 6.54 Å². The Kier molecular flexibility index (Phi) is 4.46. The van der Waals surface area contributed by atoms with Gasteiger partial charge in [0.25, 0.3) is 0 Å². The smallest absolute Gasteiger partial charge is 0.115 e. The number of benzene rings is 1. The quantitative estimate of drug-likeness (QED) is 0.818. The van der Waals surface area contributed by atoms with Crippen LogP contribution in [0.15, 0.2) is 83.3 Å². The third-order valence-corrected chi connectivity index (χ3v) is 3.78. The molecular weight excluding hydrogens is 270 g/mol. The minimum absolute atomic E-state index is 0.295. The van der Waals surface area contributed by atoms with E-state index < -0.39 is 0 Å². The van der Waals surface area contributed by atoms with E-state index in [9.17, 15) is 5.11 Å². The molecule has 0 saturated carbocycles. The van der Waals surface area contributed by atoms with Gasteiger partial charge in [-0.2, -0.15) is 0 Å². The van der Waals surface area contributed by atoms with Crippen LogP contribution in [0.3, 0.4) is 0 Å². The van der Waals surface area contributed by atoms with Crippen molar-refractivity contribution >= 4 is 5.69 Å². The van der Waals surface area contributed by atoms with Crippen molar-refractivity contribution in [3.05, 3.63) is 83.3 Å². The largest absolute Gasteiger partial charge is 0.508 e. The van der Waals surface area contributed by atoms with Gasteiger partial charge in [0.1, 0.15) is 5.75 Å². The summed E-state index contributed by atoms with van der Waals surface area (Å²) in [6, 6.07) is 7.39. The molecule has 2 heteroatoms. The summed E-state index contributed by atoms with van der Waals surface area (Å²) < 4.78 is 0. The molecule has 2 nitrogen and oxygen atoms in total. The fourth-order valence-electron chi connectivity index (χ4n) is 2.62. The lowest BCUT2D eigenvalue weighted by molar-refractivity contribution is 0.475. The zero-order chi connectivity index (χ0) is 15.2. The highest BCUT2D eigenvalue weighted by atomic mass is 16.3. The second-order valence-corrected chi connectivity index (χ2v) is 5.48. The molecule has 0 bridgehead atoms. The number of anilines is 1. The lowest BCUT2D eigenvalue weighted by Gasteiger charge is -2.27. The molecule has 1 N–H and O–H groups in total. The van der Waals surface area contributed by atoms with Crippen LogP contribution in [-0.2, 0) is 0 Å². The minimum atomic E-state index is 0.295. The Bertz CT molecular complexity index is 721. The second kappa shape index (κ2) is 6.87. The van der Waals surface area contributed by atoms with Crippen LogP contribution in [0.4, 0.5) is 5.69 Å². The van der Waals surface area contributed by atoms with Crippen LogP contribution < -0.4 is 4.90 Å². The molecule has 0 unspecified atom stereocenters. The molecule has 0 aromatic heterocycles. The summed E-state index contributed by atoms with van der Waals surface area (Å²) in [6.07, 6.45) is 14.7. The molecule has 0 aliphatic heterocycles. The van der Waals surface area contributed by atoms with Gasteiger partial charge >= 0.3 is 0 Å². The molecule has 110 valence electrons. The number of hydrogen-bond acceptors (Lipinski definition) is 2. The zero-order valence-corrected chi connectivity index (χ0v) is 12.5. The Morgan fingerprint density at radius 1 is 1.09 bits per heavy atom. The molecule has 2 aliphatic carbocycles. The number of allylic oxidation sites excluding steroid dienone is 5. The first-order valence-electron chi connectivity index (χ1n) is 7.57. The molecule has 0 saturated heterocycles. The van der Waals surface area contributed by atoms with E-state index in [0.29, 0.717) is 5.75 Å². The summed E-state index contributed by atoms with van der Waals surface area (Å²) in [5.41, 5.74) is 9.82. The van der Waals surface area contributed by atoms with Crippen molar-refractivity contribution in [2.75, 3.05) is 18.0 Å². The van der Waals surface area contributed by atoms with Crippen LogP contribution in [0.1, 0.15) is 12.8 Å². The molecule has 0 radical (unpaired) electrons. The summed E-state index contributed by atoms with van der Waals surface area (Å²) in [6.45, 7) is 1.67. The van der Waals surface area contributed by atoms with Gasteiger partial charge in [0.2, 0.25) is 0 Å². The number of phenolic OH excluding ortho intramolecular Hbond substituents is 1. The zero-order valence-electron chi connectivity index (χ0n) is 12.5. The Labute approximate surface area is 131 Å². The number of aromatic hydroxyl groups is 1. The van der Waals surface area contributed by atoms with Crippen LogP contribution in [-0.4, -0.2) is 18.2 Å². The van der Waals surface area contributed by atoms with Gasteiger partial charge in [-0.15, -0.1) is 0 Å². The molecule has 3 rings (SSSR count). The van der Waals surface area contributed by atoms with Crippen LogP contribution in [0.2, 0.25) is 0 Å². The molecule has 0 amide bonds. The molecular formula is C20H19NO. The standard InChI is InChI=1S/C20H19NO/c22-20-13-11-19(12-14-20)21(15-17-7-3-1-4-8-17)16-18-9-5-2-6-10-18/h1-3,5,7,9,11-14,22H,4,8,15-16H2. The maximum atomic E-state index is 9.50. The summed E-state index contributed by atoms with van der Waals surface area (Å²) in [4.78, 5) is 2.31. The predicted octanol–water partition coefficient (Wildman–Crippen LogP) is 4.28. The first-order valence-corrected chi connectivity index (χ1v) is 7.57. The first kappa shape index (κ1) is 14.3. The van der Waals surface area contributed by atoms with Crippen molar-refractivity contribution in [2.24, 2.45) is 0 Å². The fraction of sp³-hybridized carbons (Fsp3) is 0.200. The predicted molar refractivity (Wildman–Crippen MR) is 91.0 cm³/mol. The van der Waals surface area contributed by atoms with Crippen molar-refractivity contribution in [3.8, 4) is 5.75 Å². The Hall–Kier alpha value is -2.66. The van der Waals surface area contributed by atoms with Crippen molar-refractivity contribution in [3.63, 3.8) is 0 Å². The summed E-state index contributed by atoms with van der Waals surface area (Å²) in [5.74, 6) is 0.295. The summed E-state index contributed by atoms with van der Waals surface area (Å²) >= 11 is 0. The van der Waals surface area contributed by atoms with E-state index in [1.165, 1.54) is 5.57 Å². The maximum absolute atomic E-state index is 9.50. The molecule has 0 fully saturated rings. The normalized spacial score (nSPS) is 15.6. The molecule has 1 aromatic carbocycles. The topological polar surface area (TPSA) is 23.5 Å². The highest BCUT2D eigenvalue weighted by Crippen LogP contribution is 2.23. The van der Waals surface area contributed by atoms with Crippen LogP contribution >= 0.6 is 0 Å². The number of rotatable bonds is 5. The first-order chi connectivity index (χ1) is 10.8. The third kappa shape index (κ3) is 3.71. The Morgan fingerprint density at radius 3 is 2.64 bits per heavy atom. The van der Waals surface area contributed by atoms with Crippen LogP contribution in [0.5, 0.6) is 5.75 Å². The fourth-order valence-corrected chi connectivity index (χ4v) is 2.62. The lowest BCUT2D eigenvalue weighted by atomic mass is 10.0. The van der Waals surface area contributed by atoms with E-state index in [1.54, 1.807) is 12.1 Å². The average molecular weight is 289 g/mol. The van der Waals surface area contributed by atoms with E-state index in [0.717, 1.165) is 37.2 Å². The second-order valence-electron chi connectivity index (χ2n) is 5.48. The molecule has 2 aliphatic rings. The lowest BCUT2D eigenvalue weighted by Crippen LogP contribution is -2.28. The highest BCUT2D eigenvalue weighted by Gasteiger charge is 2.11. The van der Waals surface area contributed by atoms with Crippen molar-refractivity contribution < 1.29 is 5.11 Å². The summed E-state index contributed by atoms with van der Waals surface area (Å²) in [7, 11) is 0. The Morgan fingerprint density at radius 2 is 1.95 bits per heavy atom. The molecule has 22 heavy (non-hydrogen) atoms. The molecule has 1 aromatic rings. The number of phenols is 1. The van der Waals surface area contributed by atoms with E-state index in [-0.39, 0.29) is 0 Å². The minimum Gasteiger partial charge on any atom is -0.508 e. The van der Waals surface area contributed by atoms with Gasteiger partial charge in [0.15, 0.2) is 0 Å². The van der Waals surface area contributed by atoms with Gasteiger partial charge in [0, 0.05) is 17.8 Å². The van der Waals surface area contributed by atoms with Gasteiger partial charge in [-0.05, 0) is 49.3 Å². The van der Waals surface area contributed by atoms with Gasteiger partial charge < -0.3 is 10.0 Å². The number of nitrogens with zero attached hydrogens (tertiary/aromatic N) is 1. The van der Waals surface area contributed by atoms with Crippen molar-refractivity contribution in [2.45, 2.75) is 12.8 Å². The average Bonchev–Trinajstić information content (AvgIpc) is 2.57. The van der Waals surface area contributed by atoms with E-state index >= 15 is 0 Å². The van der Waals surface area contributed by atoms with Crippen LogP contribution in [0, 0.1) is 0 Å². The van der Waals surface area contributed by atoms with Crippen molar-refractivity contribution in [1.82, 2.24) is 0 Å². The van der Waals surface area contributed by atoms with Crippen molar-refractivity contribution in [1.29, 1.82) is 0 Å². The highest BCUT2D eigenvalue weighted by molar-refractivity contribution is 5.52.